The first kappa shape index (κ1) is 32.2. The van der Waals surface area contributed by atoms with E-state index in [2.05, 4.69) is 62.4 Å². The van der Waals surface area contributed by atoms with Crippen molar-refractivity contribution in [2.75, 3.05) is 0 Å². The minimum atomic E-state index is -1.06. The van der Waals surface area contributed by atoms with E-state index in [-0.39, 0.29) is 6.10 Å². The van der Waals surface area contributed by atoms with Crippen molar-refractivity contribution in [2.24, 2.45) is 0 Å². The number of rotatable bonds is 10. The highest BCUT2D eigenvalue weighted by Crippen LogP contribution is 2.33. The first-order valence-electron chi connectivity index (χ1n) is 16.8. The summed E-state index contributed by atoms with van der Waals surface area (Å²) in [6, 6.07) is 16.5. The second-order valence-electron chi connectivity index (χ2n) is 12.3. The molecule has 2 aliphatic rings. The predicted octanol–water partition coefficient (Wildman–Crippen LogP) is 7.22. The fourth-order valence-electron chi connectivity index (χ4n) is 6.56. The van der Waals surface area contributed by atoms with E-state index in [9.17, 15) is 9.59 Å². The number of imidazole rings is 1. The summed E-state index contributed by atoms with van der Waals surface area (Å²) in [5.74, 6) is 1.00. The maximum absolute atomic E-state index is 13.1. The molecular formula is C36H42N6O5. The molecule has 0 amide bonds. The van der Waals surface area contributed by atoms with Gasteiger partial charge >= 0.3 is 12.1 Å². The molecule has 1 fully saturated rings. The Labute approximate surface area is 274 Å². The average molecular weight is 639 g/mol. The number of carbonyl (C=O) groups is 2. The van der Waals surface area contributed by atoms with Gasteiger partial charge in [0.25, 0.3) is 0 Å². The number of carbonyl (C=O) groups excluding carboxylic acids is 2. The molecule has 1 saturated carbocycles. The quantitative estimate of drug-likeness (QED) is 0.0827. The zero-order valence-electron chi connectivity index (χ0n) is 27.1. The lowest BCUT2D eigenvalue weighted by Gasteiger charge is -2.22. The lowest BCUT2D eigenvalue weighted by Crippen LogP contribution is -2.26. The van der Waals surface area contributed by atoms with Gasteiger partial charge in [-0.1, -0.05) is 61.9 Å². The van der Waals surface area contributed by atoms with E-state index in [0.717, 1.165) is 116 Å². The number of tetrazole rings is 1. The molecule has 11 nitrogen and oxygen atoms in total. The lowest BCUT2D eigenvalue weighted by molar-refractivity contribution is -0.163. The van der Waals surface area contributed by atoms with Crippen LogP contribution in [0.25, 0.3) is 28.1 Å². The Balaban J connectivity index is 1.20. The van der Waals surface area contributed by atoms with Crippen molar-refractivity contribution in [3.8, 4) is 22.5 Å². The summed E-state index contributed by atoms with van der Waals surface area (Å²) in [4.78, 5) is 30.5. The molecule has 2 aliphatic carbocycles. The number of allylic oxidation sites excluding steroid dienone is 1. The van der Waals surface area contributed by atoms with Gasteiger partial charge in [0.2, 0.25) is 12.1 Å². The highest BCUT2D eigenvalue weighted by Gasteiger charge is 2.25. The molecular weight excluding hydrogens is 596 g/mol. The van der Waals surface area contributed by atoms with Crippen LogP contribution in [-0.2, 0) is 38.4 Å². The van der Waals surface area contributed by atoms with Crippen LogP contribution in [0.3, 0.4) is 0 Å². The molecule has 246 valence electrons. The number of fused-ring (bicyclic) bond motifs is 1. The van der Waals surface area contributed by atoms with E-state index in [4.69, 9.17) is 19.2 Å². The second-order valence-corrected chi connectivity index (χ2v) is 12.3. The van der Waals surface area contributed by atoms with Crippen molar-refractivity contribution in [3.05, 3.63) is 77.4 Å². The van der Waals surface area contributed by atoms with Gasteiger partial charge in [-0.05, 0) is 85.3 Å². The average Bonchev–Trinajstić information content (AvgIpc) is 3.67. The molecule has 1 atom stereocenters. The number of aromatic amines is 1. The Bertz CT molecular complexity index is 1690. The van der Waals surface area contributed by atoms with Crippen LogP contribution < -0.4 is 0 Å². The van der Waals surface area contributed by atoms with Gasteiger partial charge in [0.15, 0.2) is 0 Å². The summed E-state index contributed by atoms with van der Waals surface area (Å²) >= 11 is 0. The van der Waals surface area contributed by atoms with Gasteiger partial charge in [0.1, 0.15) is 11.9 Å². The molecule has 1 N–H and O–H groups in total. The van der Waals surface area contributed by atoms with Gasteiger partial charge in [-0.2, -0.15) is 5.21 Å². The first-order chi connectivity index (χ1) is 23.0. The zero-order valence-corrected chi connectivity index (χ0v) is 27.1. The molecule has 0 aliphatic heterocycles. The minimum absolute atomic E-state index is 0.132. The Hall–Kier alpha value is -4.80. The summed E-state index contributed by atoms with van der Waals surface area (Å²) in [7, 11) is 0. The molecule has 1 unspecified atom stereocenters. The Kier molecular flexibility index (Phi) is 10.4. The van der Waals surface area contributed by atoms with Gasteiger partial charge in [-0.15, -0.1) is 10.2 Å². The highest BCUT2D eigenvalue weighted by atomic mass is 16.8. The van der Waals surface area contributed by atoms with Crippen LogP contribution in [0.4, 0.5) is 4.79 Å². The summed E-state index contributed by atoms with van der Waals surface area (Å²) in [6.45, 7) is 4.29. The number of aryl methyl sites for hydroxylation is 2. The van der Waals surface area contributed by atoms with E-state index in [1.165, 1.54) is 6.92 Å². The van der Waals surface area contributed by atoms with Gasteiger partial charge in [-0.3, -0.25) is 0 Å². The standard InChI is InChI=1S/C36H42N6O5/c1-3-11-32-37-31-17-10-7-12-27(22-33(43)45-24(2)46-36(44)47-28-13-5-4-6-14-28)34(31)42(32)23-25-18-20-26(21-19-25)29-15-8-9-16-30(29)35-38-40-41-39-35/h8-9,15-16,18-22,24,28H,3-7,10-14,17,23H2,1-2H3,(H,38,39,40,41)/b27-22+. The molecule has 11 heteroatoms. The number of nitrogens with zero attached hydrogens (tertiary/aromatic N) is 5. The smallest absolute Gasteiger partial charge is 0.431 e. The highest BCUT2D eigenvalue weighted by molar-refractivity contribution is 5.91. The lowest BCUT2D eigenvalue weighted by atomic mass is 9.98. The Morgan fingerprint density at radius 2 is 1.74 bits per heavy atom. The maximum Gasteiger partial charge on any atom is 0.511 e. The normalized spacial score (nSPS) is 16.7. The van der Waals surface area contributed by atoms with E-state index < -0.39 is 18.4 Å². The number of aromatic nitrogens is 6. The van der Waals surface area contributed by atoms with Crippen molar-refractivity contribution in [1.29, 1.82) is 0 Å². The largest absolute Gasteiger partial charge is 0.511 e. The van der Waals surface area contributed by atoms with Crippen molar-refractivity contribution < 1.29 is 23.8 Å². The molecule has 6 rings (SSSR count). The molecule has 0 spiro atoms. The third-order valence-corrected chi connectivity index (χ3v) is 8.78. The Morgan fingerprint density at radius 1 is 0.979 bits per heavy atom. The van der Waals surface area contributed by atoms with Crippen molar-refractivity contribution in [1.82, 2.24) is 30.2 Å². The molecule has 0 bridgehead atoms. The number of hydrogen-bond donors (Lipinski definition) is 1. The van der Waals surface area contributed by atoms with Crippen LogP contribution in [-0.4, -0.2) is 54.7 Å². The predicted molar refractivity (Wildman–Crippen MR) is 176 cm³/mol. The van der Waals surface area contributed by atoms with Crippen LogP contribution in [0.5, 0.6) is 0 Å². The SMILES string of the molecule is CCCc1nc2c(n1Cc1ccc(-c3ccccc3-c3nn[nH]n3)cc1)/C(=C/C(=O)OC(C)OC(=O)OC1CCCCC1)CCCC2. The van der Waals surface area contributed by atoms with Crippen molar-refractivity contribution >= 4 is 17.7 Å². The van der Waals surface area contributed by atoms with Crippen LogP contribution in [0.15, 0.2) is 54.6 Å². The number of ether oxygens (including phenoxy) is 3. The number of hydrogen-bond acceptors (Lipinski definition) is 9. The molecule has 2 aromatic heterocycles. The van der Waals surface area contributed by atoms with Gasteiger partial charge in [0, 0.05) is 31.5 Å². The van der Waals surface area contributed by atoms with Crippen LogP contribution in [0.2, 0.25) is 0 Å². The van der Waals surface area contributed by atoms with Crippen LogP contribution >= 0.6 is 0 Å². The molecule has 2 aromatic carbocycles. The number of nitrogens with one attached hydrogen (secondary N) is 1. The van der Waals surface area contributed by atoms with Gasteiger partial charge in [0.05, 0.1) is 11.4 Å². The first-order valence-corrected chi connectivity index (χ1v) is 16.8. The summed E-state index contributed by atoms with van der Waals surface area (Å²) in [6.07, 6.45) is 9.74. The van der Waals surface area contributed by atoms with E-state index >= 15 is 0 Å². The number of benzene rings is 2. The fourth-order valence-corrected chi connectivity index (χ4v) is 6.56. The monoisotopic (exact) mass is 638 g/mol. The summed E-state index contributed by atoms with van der Waals surface area (Å²) in [5, 5.41) is 14.6. The zero-order chi connectivity index (χ0) is 32.6. The van der Waals surface area contributed by atoms with E-state index in [0.29, 0.717) is 12.4 Å². The number of H-pyrrole nitrogens is 1. The molecule has 2 heterocycles. The van der Waals surface area contributed by atoms with Gasteiger partial charge < -0.3 is 18.8 Å². The maximum atomic E-state index is 13.1. The summed E-state index contributed by atoms with van der Waals surface area (Å²) < 4.78 is 18.4. The third-order valence-electron chi connectivity index (χ3n) is 8.78. The minimum Gasteiger partial charge on any atom is -0.431 e. The second kappa shape index (κ2) is 15.2. The van der Waals surface area contributed by atoms with Crippen LogP contribution in [0, 0.1) is 0 Å². The molecule has 0 radical (unpaired) electrons. The Morgan fingerprint density at radius 3 is 2.49 bits per heavy atom. The van der Waals surface area contributed by atoms with E-state index in [1.54, 1.807) is 6.08 Å². The van der Waals surface area contributed by atoms with Crippen LogP contribution in [0.1, 0.15) is 94.4 Å². The van der Waals surface area contributed by atoms with E-state index in [1.807, 2.05) is 18.2 Å². The fraction of sp³-hybridized carbons (Fsp3) is 0.444. The molecule has 0 saturated heterocycles. The van der Waals surface area contributed by atoms with Crippen molar-refractivity contribution in [3.63, 3.8) is 0 Å². The van der Waals surface area contributed by atoms with Crippen molar-refractivity contribution in [2.45, 2.75) is 103 Å². The van der Waals surface area contributed by atoms with Gasteiger partial charge in [-0.25, -0.2) is 14.6 Å². The summed E-state index contributed by atoms with van der Waals surface area (Å²) in [5.41, 5.74) is 6.98. The molecule has 47 heavy (non-hydrogen) atoms. The molecule has 4 aromatic rings. The third kappa shape index (κ3) is 7.96. The topological polar surface area (TPSA) is 134 Å². The number of esters is 1.